The van der Waals surface area contributed by atoms with E-state index in [-0.39, 0.29) is 11.3 Å². The van der Waals surface area contributed by atoms with E-state index in [9.17, 15) is 8.78 Å². The summed E-state index contributed by atoms with van der Waals surface area (Å²) in [6.07, 6.45) is 0.734. The van der Waals surface area contributed by atoms with Crippen LogP contribution in [0.5, 0.6) is 5.75 Å². The Hall–Kier alpha value is -2.98. The first-order valence-corrected chi connectivity index (χ1v) is 10.8. The number of rotatable bonds is 6. The normalized spacial score (nSPS) is 10.9. The highest BCUT2D eigenvalue weighted by atomic mass is 32.1. The minimum atomic E-state index is -0.940. The van der Waals surface area contributed by atoms with Crippen molar-refractivity contribution in [3.63, 3.8) is 0 Å². The van der Waals surface area contributed by atoms with E-state index < -0.39 is 11.6 Å². The van der Waals surface area contributed by atoms with Gasteiger partial charge in [-0.2, -0.15) is 4.39 Å². The smallest absolute Gasteiger partial charge is 0.201 e. The zero-order chi connectivity index (χ0) is 21.1. The van der Waals surface area contributed by atoms with Gasteiger partial charge in [0.1, 0.15) is 0 Å². The van der Waals surface area contributed by atoms with E-state index in [0.29, 0.717) is 12.2 Å². The summed E-state index contributed by atoms with van der Waals surface area (Å²) in [6, 6.07) is 23.2. The van der Waals surface area contributed by atoms with Crippen molar-refractivity contribution < 1.29 is 13.5 Å². The second-order valence-electron chi connectivity index (χ2n) is 7.15. The lowest BCUT2D eigenvalue weighted by atomic mass is 9.99. The minimum absolute atomic E-state index is 0.0456. The molecule has 4 rings (SSSR count). The summed E-state index contributed by atoms with van der Waals surface area (Å²) in [5.74, 6) is -1.87. The summed E-state index contributed by atoms with van der Waals surface area (Å²) in [4.78, 5) is 2.54. The van der Waals surface area contributed by atoms with Gasteiger partial charge in [-0.15, -0.1) is 11.3 Å². The monoisotopic (exact) mass is 420 g/mol. The van der Waals surface area contributed by atoms with Crippen LogP contribution in [-0.4, -0.2) is 6.61 Å². The molecule has 4 heteroatoms. The van der Waals surface area contributed by atoms with Crippen molar-refractivity contribution in [2.75, 3.05) is 6.61 Å². The van der Waals surface area contributed by atoms with E-state index in [1.807, 2.05) is 31.2 Å². The quantitative estimate of drug-likeness (QED) is 0.306. The minimum Gasteiger partial charge on any atom is -0.490 e. The van der Waals surface area contributed by atoms with Gasteiger partial charge in [-0.1, -0.05) is 55.5 Å². The molecule has 0 amide bonds. The zero-order valence-corrected chi connectivity index (χ0v) is 17.7. The Labute approximate surface area is 179 Å². The molecule has 152 valence electrons. The fourth-order valence-electron chi connectivity index (χ4n) is 3.34. The van der Waals surface area contributed by atoms with E-state index >= 15 is 0 Å². The van der Waals surface area contributed by atoms with Crippen LogP contribution >= 0.6 is 11.3 Å². The predicted octanol–water partition coefficient (Wildman–Crippen LogP) is 8.12. The van der Waals surface area contributed by atoms with Crippen LogP contribution in [0.2, 0.25) is 0 Å². The van der Waals surface area contributed by atoms with Crippen molar-refractivity contribution in [1.82, 2.24) is 0 Å². The highest BCUT2D eigenvalue weighted by Gasteiger charge is 2.15. The lowest BCUT2D eigenvalue weighted by Gasteiger charge is -2.10. The molecule has 0 aliphatic heterocycles. The first-order valence-electron chi connectivity index (χ1n) is 9.95. The molecule has 1 nitrogen and oxygen atoms in total. The third kappa shape index (κ3) is 4.14. The van der Waals surface area contributed by atoms with Crippen molar-refractivity contribution in [3.8, 4) is 38.4 Å². The van der Waals surface area contributed by atoms with Gasteiger partial charge in [-0.05, 0) is 59.9 Å². The van der Waals surface area contributed by atoms with Crippen molar-refractivity contribution >= 4 is 11.3 Å². The summed E-state index contributed by atoms with van der Waals surface area (Å²) < 4.78 is 34.1. The number of hydrogen-bond acceptors (Lipinski definition) is 2. The lowest BCUT2D eigenvalue weighted by molar-refractivity contribution is 0.295. The third-order valence-corrected chi connectivity index (χ3v) is 6.00. The van der Waals surface area contributed by atoms with Crippen LogP contribution in [0.4, 0.5) is 8.78 Å². The molecule has 0 spiro atoms. The molecule has 0 unspecified atom stereocenters. The first-order chi connectivity index (χ1) is 14.6. The van der Waals surface area contributed by atoms with E-state index in [2.05, 4.69) is 43.3 Å². The Morgan fingerprint density at radius 3 is 1.87 bits per heavy atom. The Morgan fingerprint density at radius 1 is 0.700 bits per heavy atom. The van der Waals surface area contributed by atoms with Gasteiger partial charge in [0.2, 0.25) is 5.82 Å². The second kappa shape index (κ2) is 8.80. The standard InChI is InChI=1S/C26H22F2OS/c1-3-16-29-23-14-13-22(25(27)26(23)28)20-9-5-18(6-10-20)19-7-11-21(12-8-19)24-15-4-17(2)30-24/h4-15H,3,16H2,1-2H3. The summed E-state index contributed by atoms with van der Waals surface area (Å²) >= 11 is 1.77. The molecule has 0 aliphatic carbocycles. The Morgan fingerprint density at radius 2 is 1.30 bits per heavy atom. The predicted molar refractivity (Wildman–Crippen MR) is 121 cm³/mol. The van der Waals surface area contributed by atoms with Crippen molar-refractivity contribution in [1.29, 1.82) is 0 Å². The molecule has 0 saturated heterocycles. The second-order valence-corrected chi connectivity index (χ2v) is 8.44. The first kappa shape index (κ1) is 20.3. The van der Waals surface area contributed by atoms with Gasteiger partial charge in [0, 0.05) is 15.3 Å². The van der Waals surface area contributed by atoms with E-state index in [1.165, 1.54) is 21.4 Å². The molecule has 0 aliphatic rings. The largest absolute Gasteiger partial charge is 0.490 e. The molecule has 0 N–H and O–H groups in total. The number of aryl methyl sites for hydroxylation is 1. The Balaban J connectivity index is 1.56. The SMILES string of the molecule is CCCOc1ccc(-c2ccc(-c3ccc(-c4ccc(C)s4)cc3)cc2)c(F)c1F. The lowest BCUT2D eigenvalue weighted by Crippen LogP contribution is -2.00. The van der Waals surface area contributed by atoms with Gasteiger partial charge in [0.05, 0.1) is 6.61 Å². The number of thiophene rings is 1. The highest BCUT2D eigenvalue weighted by molar-refractivity contribution is 7.15. The molecular formula is C26H22F2OS. The molecule has 1 aromatic heterocycles. The molecule has 0 bridgehead atoms. The maximum Gasteiger partial charge on any atom is 0.201 e. The summed E-state index contributed by atoms with van der Waals surface area (Å²) in [5, 5.41) is 0. The summed E-state index contributed by atoms with van der Waals surface area (Å²) in [5.41, 5.74) is 4.15. The number of benzene rings is 3. The van der Waals surface area contributed by atoms with Crippen molar-refractivity contribution in [2.45, 2.75) is 20.3 Å². The van der Waals surface area contributed by atoms with Crippen molar-refractivity contribution in [2.24, 2.45) is 0 Å². The fourth-order valence-corrected chi connectivity index (χ4v) is 4.21. The van der Waals surface area contributed by atoms with Crippen LogP contribution in [0.25, 0.3) is 32.7 Å². The topological polar surface area (TPSA) is 9.23 Å². The van der Waals surface area contributed by atoms with E-state index in [1.54, 1.807) is 17.4 Å². The average molecular weight is 421 g/mol. The number of ether oxygens (including phenoxy) is 1. The van der Waals surface area contributed by atoms with Gasteiger partial charge in [0.25, 0.3) is 0 Å². The molecule has 0 saturated carbocycles. The molecule has 0 atom stereocenters. The van der Waals surface area contributed by atoms with Crippen molar-refractivity contribution in [3.05, 3.63) is 89.3 Å². The highest BCUT2D eigenvalue weighted by Crippen LogP contribution is 2.33. The van der Waals surface area contributed by atoms with Gasteiger partial charge in [-0.3, -0.25) is 0 Å². The van der Waals surface area contributed by atoms with Gasteiger partial charge >= 0.3 is 0 Å². The van der Waals surface area contributed by atoms with Crippen LogP contribution in [0.1, 0.15) is 18.2 Å². The zero-order valence-electron chi connectivity index (χ0n) is 16.9. The number of hydrogen-bond donors (Lipinski definition) is 0. The Bertz CT molecular complexity index is 1140. The van der Waals surface area contributed by atoms with E-state index in [4.69, 9.17) is 4.74 Å². The Kier molecular flexibility index (Phi) is 5.96. The maximum atomic E-state index is 14.6. The molecule has 30 heavy (non-hydrogen) atoms. The van der Waals surface area contributed by atoms with Crippen LogP contribution < -0.4 is 4.74 Å². The summed E-state index contributed by atoms with van der Waals surface area (Å²) in [7, 11) is 0. The maximum absolute atomic E-state index is 14.6. The van der Waals surface area contributed by atoms with E-state index in [0.717, 1.165) is 17.5 Å². The van der Waals surface area contributed by atoms with Crippen LogP contribution in [0, 0.1) is 18.6 Å². The molecule has 0 radical (unpaired) electrons. The van der Waals surface area contributed by atoms with Crippen LogP contribution in [0.15, 0.2) is 72.8 Å². The molecule has 0 fully saturated rings. The summed E-state index contributed by atoms with van der Waals surface area (Å²) in [6.45, 7) is 4.38. The van der Waals surface area contributed by atoms with Gasteiger partial charge in [-0.25, -0.2) is 4.39 Å². The average Bonchev–Trinajstić information content (AvgIpc) is 3.21. The third-order valence-electron chi connectivity index (χ3n) is 4.95. The van der Waals surface area contributed by atoms with Gasteiger partial charge in [0.15, 0.2) is 11.6 Å². The molecular weight excluding hydrogens is 398 g/mol. The fraction of sp³-hybridized carbons (Fsp3) is 0.154. The molecule has 1 heterocycles. The molecule has 3 aromatic carbocycles. The van der Waals surface area contributed by atoms with Gasteiger partial charge < -0.3 is 4.74 Å². The van der Waals surface area contributed by atoms with Crippen LogP contribution in [-0.2, 0) is 0 Å². The van der Waals surface area contributed by atoms with Crippen LogP contribution in [0.3, 0.4) is 0 Å². The molecule has 4 aromatic rings. The number of halogens is 2.